The van der Waals surface area contributed by atoms with Crippen molar-refractivity contribution in [3.63, 3.8) is 0 Å². The molecule has 4 aromatic carbocycles. The van der Waals surface area contributed by atoms with Gasteiger partial charge in [0.25, 0.3) is 0 Å². The van der Waals surface area contributed by atoms with Gasteiger partial charge in [-0.15, -0.1) is 0 Å². The van der Waals surface area contributed by atoms with Crippen molar-refractivity contribution in [3.8, 4) is 0 Å². The molecule has 0 heterocycles. The van der Waals surface area contributed by atoms with Gasteiger partial charge in [0.05, 0.1) is 9.79 Å². The van der Waals surface area contributed by atoms with Crippen molar-refractivity contribution >= 4 is 90.7 Å². The van der Waals surface area contributed by atoms with Gasteiger partial charge in [0.1, 0.15) is 20.2 Å². The maximum atomic E-state index is 11.8. The number of fused-ring (bicyclic) bond motifs is 2. The van der Waals surface area contributed by atoms with Crippen LogP contribution in [0.1, 0.15) is 178 Å². The van der Waals surface area contributed by atoms with Crippen LogP contribution in [0, 0.1) is 0 Å². The van der Waals surface area contributed by atoms with E-state index in [4.69, 9.17) is 0 Å². The van der Waals surface area contributed by atoms with Crippen LogP contribution >= 0.6 is 0 Å². The Bertz CT molecular complexity index is 1830. The SMILES string of the molecule is CCCCCCCc1ccc2c(CCCCCCC)c(S(=O)(=O)[O-])ccc2c1.CCCCCCCc1ccc2c(CCCCCCC)c(S(=O)(=O)[O-])ccc2c1.[Ba+2]. The third-order valence-corrected chi connectivity index (χ3v) is 12.9. The quantitative estimate of drug-likeness (QED) is 0.0352. The average Bonchev–Trinajstić information content (AvgIpc) is 3.16. The molecule has 0 bridgehead atoms. The van der Waals surface area contributed by atoms with Crippen LogP contribution in [0.2, 0.25) is 0 Å². The summed E-state index contributed by atoms with van der Waals surface area (Å²) in [4.78, 5) is -0.0781. The van der Waals surface area contributed by atoms with Crippen LogP contribution in [0.25, 0.3) is 21.5 Å². The second kappa shape index (κ2) is 28.3. The average molecular weight is 945 g/mol. The van der Waals surface area contributed by atoms with E-state index in [1.807, 2.05) is 12.1 Å². The molecule has 0 saturated carbocycles. The summed E-state index contributed by atoms with van der Waals surface area (Å²) in [5.41, 5.74) is 3.99. The first-order valence-corrected chi connectivity index (χ1v) is 24.8. The maximum absolute atomic E-state index is 11.8. The van der Waals surface area contributed by atoms with Crippen molar-refractivity contribution in [1.82, 2.24) is 0 Å². The van der Waals surface area contributed by atoms with Crippen molar-refractivity contribution < 1.29 is 25.9 Å². The van der Waals surface area contributed by atoms with Gasteiger partial charge in [-0.05, 0) is 107 Å². The number of hydrogen-bond donors (Lipinski definition) is 0. The van der Waals surface area contributed by atoms with Crippen LogP contribution < -0.4 is 0 Å². The molecule has 9 heteroatoms. The minimum atomic E-state index is -4.46. The molecule has 0 fully saturated rings. The molecular weight excluding hydrogens is 874 g/mol. The molecule has 0 aliphatic rings. The molecular formula is C48H70BaO6S2. The molecule has 0 aliphatic heterocycles. The zero-order valence-electron chi connectivity index (χ0n) is 35.7. The Labute approximate surface area is 387 Å². The minimum absolute atomic E-state index is 0. The summed E-state index contributed by atoms with van der Waals surface area (Å²) >= 11 is 0. The second-order valence-electron chi connectivity index (χ2n) is 15.8. The zero-order chi connectivity index (χ0) is 40.8. The van der Waals surface area contributed by atoms with Gasteiger partial charge in [0.15, 0.2) is 0 Å². The van der Waals surface area contributed by atoms with Gasteiger partial charge >= 0.3 is 48.9 Å². The Balaban J connectivity index is 0.000000387. The van der Waals surface area contributed by atoms with Gasteiger partial charge in [0.2, 0.25) is 0 Å². The van der Waals surface area contributed by atoms with Crippen molar-refractivity contribution in [1.29, 1.82) is 0 Å². The van der Waals surface area contributed by atoms with Crippen LogP contribution in [-0.2, 0) is 45.9 Å². The Morgan fingerprint density at radius 3 is 0.982 bits per heavy atom. The standard InChI is InChI=1S/2C24H36O3S.Ba/c2*1-3-5-7-9-11-13-20-15-17-22-21(19-20)16-18-24(28(25,26)27)23(22)14-12-10-8-6-4-2;/h2*15-19H,3-14H2,1-2H3,(H,25,26,27);/q;;+2/p-2. The van der Waals surface area contributed by atoms with Crippen LogP contribution in [0.15, 0.2) is 70.5 Å². The number of benzene rings is 4. The molecule has 312 valence electrons. The second-order valence-corrected chi connectivity index (χ2v) is 18.5. The molecule has 0 amide bonds. The molecule has 4 aromatic rings. The third kappa shape index (κ3) is 18.5. The molecule has 6 nitrogen and oxygen atoms in total. The fraction of sp³-hybridized carbons (Fsp3) is 0.583. The number of aryl methyl sites for hydroxylation is 4. The molecule has 0 radical (unpaired) electrons. The van der Waals surface area contributed by atoms with E-state index in [9.17, 15) is 25.9 Å². The largest absolute Gasteiger partial charge is 2.00 e. The molecule has 57 heavy (non-hydrogen) atoms. The van der Waals surface area contributed by atoms with Crippen molar-refractivity contribution in [2.45, 2.75) is 192 Å². The van der Waals surface area contributed by atoms with Crippen LogP contribution in [0.3, 0.4) is 0 Å². The van der Waals surface area contributed by atoms with Crippen LogP contribution in [0.4, 0.5) is 0 Å². The van der Waals surface area contributed by atoms with Gasteiger partial charge in [0, 0.05) is 0 Å². The van der Waals surface area contributed by atoms with E-state index in [1.165, 1.54) is 113 Å². The first-order chi connectivity index (χ1) is 26.9. The first kappa shape index (κ1) is 51.9. The Kier molecular flexibility index (Phi) is 25.8. The molecule has 0 aromatic heterocycles. The van der Waals surface area contributed by atoms with Gasteiger partial charge in [-0.1, -0.05) is 179 Å². The van der Waals surface area contributed by atoms with Gasteiger partial charge in [-0.25, -0.2) is 16.8 Å². The Morgan fingerprint density at radius 2 is 0.684 bits per heavy atom. The van der Waals surface area contributed by atoms with E-state index in [2.05, 4.69) is 52.0 Å². The van der Waals surface area contributed by atoms with E-state index < -0.39 is 20.2 Å². The monoisotopic (exact) mass is 944 g/mol. The molecule has 0 aliphatic carbocycles. The summed E-state index contributed by atoms with van der Waals surface area (Å²) in [6.45, 7) is 8.80. The van der Waals surface area contributed by atoms with Crippen LogP contribution in [0.5, 0.6) is 0 Å². The molecule has 0 unspecified atom stereocenters. The van der Waals surface area contributed by atoms with Gasteiger partial charge in [-0.2, -0.15) is 0 Å². The summed E-state index contributed by atoms with van der Waals surface area (Å²) in [6.07, 6.45) is 27.0. The van der Waals surface area contributed by atoms with E-state index >= 15 is 0 Å². The number of hydrogen-bond acceptors (Lipinski definition) is 6. The first-order valence-electron chi connectivity index (χ1n) is 21.9. The van der Waals surface area contributed by atoms with Crippen molar-refractivity contribution in [3.05, 3.63) is 82.9 Å². The Hall–Kier alpha value is -1.21. The summed E-state index contributed by atoms with van der Waals surface area (Å²) in [5.74, 6) is 0. The summed E-state index contributed by atoms with van der Waals surface area (Å²) < 4.78 is 70.6. The smallest absolute Gasteiger partial charge is 0.744 e. The molecule has 4 rings (SSSR count). The predicted molar refractivity (Wildman–Crippen MR) is 239 cm³/mol. The number of unbranched alkanes of at least 4 members (excludes halogenated alkanes) is 16. The summed E-state index contributed by atoms with van der Waals surface area (Å²) in [5, 5.41) is 3.92. The molecule has 0 spiro atoms. The van der Waals surface area contributed by atoms with E-state index in [-0.39, 0.29) is 58.7 Å². The molecule has 0 N–H and O–H groups in total. The van der Waals surface area contributed by atoms with Crippen molar-refractivity contribution in [2.75, 3.05) is 0 Å². The Morgan fingerprint density at radius 1 is 0.386 bits per heavy atom. The van der Waals surface area contributed by atoms with Crippen LogP contribution in [-0.4, -0.2) is 74.8 Å². The van der Waals surface area contributed by atoms with Gasteiger partial charge < -0.3 is 9.11 Å². The third-order valence-electron chi connectivity index (χ3n) is 11.0. The summed E-state index contributed by atoms with van der Waals surface area (Å²) in [7, 11) is -8.91. The molecule has 0 atom stereocenters. The fourth-order valence-electron chi connectivity index (χ4n) is 7.82. The predicted octanol–water partition coefficient (Wildman–Crippen LogP) is 13.2. The van der Waals surface area contributed by atoms with Crippen molar-refractivity contribution in [2.24, 2.45) is 0 Å². The molecule has 0 saturated heterocycles. The summed E-state index contributed by atoms with van der Waals surface area (Å²) in [6, 6.07) is 19.2. The van der Waals surface area contributed by atoms with Gasteiger partial charge in [-0.3, -0.25) is 0 Å². The fourth-order valence-corrected chi connectivity index (χ4v) is 9.32. The topological polar surface area (TPSA) is 114 Å². The van der Waals surface area contributed by atoms with E-state index in [0.29, 0.717) is 24.0 Å². The zero-order valence-corrected chi connectivity index (χ0v) is 41.8. The van der Waals surface area contributed by atoms with E-state index in [1.54, 1.807) is 12.1 Å². The maximum Gasteiger partial charge on any atom is 2.00 e. The normalized spacial score (nSPS) is 11.8. The van der Waals surface area contributed by atoms with E-state index in [0.717, 1.165) is 72.9 Å². The minimum Gasteiger partial charge on any atom is -0.744 e. The number of rotatable bonds is 26.